The minimum Gasteiger partial charge on any atom is -0.444 e. The van der Waals surface area contributed by atoms with E-state index in [0.29, 0.717) is 68.1 Å². The topological polar surface area (TPSA) is 218 Å². The number of sulfonamides is 1. The maximum atomic E-state index is 14.1. The molecule has 3 aliphatic rings. The molecule has 2 heterocycles. The van der Waals surface area contributed by atoms with E-state index in [-0.39, 0.29) is 42.4 Å². The zero-order chi connectivity index (χ0) is 44.6. The molecule has 1 aromatic heterocycles. The molecule has 5 amide bonds. The summed E-state index contributed by atoms with van der Waals surface area (Å²) < 4.78 is 35.9. The van der Waals surface area contributed by atoms with Gasteiger partial charge in [-0.25, -0.2) is 18.0 Å². The van der Waals surface area contributed by atoms with Crippen molar-refractivity contribution in [2.75, 3.05) is 13.1 Å². The van der Waals surface area contributed by atoms with Crippen molar-refractivity contribution in [3.63, 3.8) is 0 Å². The molecule has 334 valence electrons. The van der Waals surface area contributed by atoms with E-state index in [1.807, 2.05) is 48.5 Å². The van der Waals surface area contributed by atoms with Crippen molar-refractivity contribution in [3.05, 3.63) is 34.2 Å². The Morgan fingerprint density at radius 1 is 1.00 bits per heavy atom. The third kappa shape index (κ3) is 10.2. The molecule has 5 atom stereocenters. The number of carbonyl (C=O) groups excluding carboxylic acids is 5. The van der Waals surface area contributed by atoms with Gasteiger partial charge in [-0.3, -0.25) is 28.5 Å². The van der Waals surface area contributed by atoms with E-state index in [1.54, 1.807) is 43.5 Å². The number of nitrogens with one attached hydrogen (secondary N) is 5. The van der Waals surface area contributed by atoms with Crippen molar-refractivity contribution in [2.45, 2.75) is 167 Å². The molecule has 5 unspecified atom stereocenters. The van der Waals surface area contributed by atoms with Gasteiger partial charge in [-0.05, 0) is 103 Å². The van der Waals surface area contributed by atoms with Crippen LogP contribution in [0.25, 0.3) is 11.0 Å². The Hall–Kier alpha value is -4.41. The number of ether oxygens (including phenoxy) is 1. The number of hydrogen-bond acceptors (Lipinski definition) is 9. The molecule has 1 aliphatic heterocycles. The first-order valence-corrected chi connectivity index (χ1v) is 23.0. The first-order chi connectivity index (χ1) is 27.9. The quantitative estimate of drug-likeness (QED) is 0.135. The fraction of sp³-hybridized carbons (Fsp3) is 0.721. The highest BCUT2D eigenvalue weighted by Gasteiger charge is 2.63. The number of alkyl carbamates (subject to hydrolysis) is 1. The number of hydrogen-bond donors (Lipinski definition) is 5. The summed E-state index contributed by atoms with van der Waals surface area (Å²) in [5, 5.41) is 8.54. The van der Waals surface area contributed by atoms with Gasteiger partial charge in [-0.1, -0.05) is 66.4 Å². The number of fused-ring (bicyclic) bond motifs is 1. The first kappa shape index (κ1) is 46.7. The van der Waals surface area contributed by atoms with E-state index in [0.717, 1.165) is 12.8 Å². The summed E-state index contributed by atoms with van der Waals surface area (Å²) in [5.74, 6) is -2.32. The van der Waals surface area contributed by atoms with Crippen LogP contribution in [-0.4, -0.2) is 93.7 Å². The lowest BCUT2D eigenvalue weighted by atomic mass is 9.85. The number of likely N-dealkylation sites (tertiary alicyclic amines) is 1. The molecule has 60 heavy (non-hydrogen) atoms. The lowest BCUT2D eigenvalue weighted by Gasteiger charge is -2.36. The standard InChI is InChI=1S/C43H67N7O9S/c1-11-28-24-43(28,47-35(52)31-23-27(4)25-49(31)36(53)33(40(5,6)7)46-39(56)59-41(8,9)10)37(54)48-60(57,58)42(20-21-42)19-14-12-13-15-22-44-34(51)29-17-16-18-30-32(29)45-38(55)50(30)26(2)3/h16-18,26-28,31,33H,11-15,19-25H2,1-10H3,(H,44,51)(H,45,55)(H,46,56)(H,47,52)(H,48,54). The maximum Gasteiger partial charge on any atom is 0.408 e. The monoisotopic (exact) mass is 857 g/mol. The van der Waals surface area contributed by atoms with Crippen LogP contribution in [0.5, 0.6) is 0 Å². The molecule has 2 aliphatic carbocycles. The van der Waals surface area contributed by atoms with Gasteiger partial charge in [0.1, 0.15) is 23.2 Å². The SMILES string of the molecule is CCC1CC1(NC(=O)C1CC(C)CN1C(=O)C(NC(=O)OC(C)(C)C)C(C)(C)C)C(=O)NS(=O)(=O)C1(CCCCCCNC(=O)c2cccc3c2[nH]c(=O)n3C(C)C)CC1. The molecule has 5 N–H and O–H groups in total. The lowest BCUT2D eigenvalue weighted by Crippen LogP contribution is -2.60. The Bertz CT molecular complexity index is 2130. The van der Waals surface area contributed by atoms with Crippen molar-refractivity contribution in [2.24, 2.45) is 17.3 Å². The lowest BCUT2D eigenvalue weighted by molar-refractivity contribution is -0.143. The number of unbranched alkanes of at least 4 members (excludes halogenated alkanes) is 3. The third-order valence-electron chi connectivity index (χ3n) is 12.2. The van der Waals surface area contributed by atoms with Crippen molar-refractivity contribution in [3.8, 4) is 0 Å². The number of nitrogens with zero attached hydrogens (tertiary/aromatic N) is 2. The highest BCUT2D eigenvalue weighted by Crippen LogP contribution is 2.50. The molecule has 17 heteroatoms. The molecular weight excluding hydrogens is 791 g/mol. The van der Waals surface area contributed by atoms with Crippen molar-refractivity contribution in [1.29, 1.82) is 0 Å². The summed E-state index contributed by atoms with van der Waals surface area (Å²) in [6, 6.07) is 3.25. The highest BCUT2D eigenvalue weighted by atomic mass is 32.2. The number of imidazole rings is 1. The van der Waals surface area contributed by atoms with E-state index >= 15 is 0 Å². The zero-order valence-electron chi connectivity index (χ0n) is 37.1. The van der Waals surface area contributed by atoms with Crippen LogP contribution in [0.4, 0.5) is 4.79 Å². The van der Waals surface area contributed by atoms with E-state index in [1.165, 1.54) is 4.90 Å². The van der Waals surface area contributed by atoms with Crippen LogP contribution in [-0.2, 0) is 29.1 Å². The van der Waals surface area contributed by atoms with Crippen LogP contribution in [0.1, 0.15) is 150 Å². The van der Waals surface area contributed by atoms with Crippen molar-refractivity contribution < 1.29 is 37.1 Å². The highest BCUT2D eigenvalue weighted by molar-refractivity contribution is 7.91. The molecule has 0 bridgehead atoms. The molecule has 2 saturated carbocycles. The summed E-state index contributed by atoms with van der Waals surface area (Å²) in [5.41, 5.74) is -1.63. The average molecular weight is 858 g/mol. The smallest absolute Gasteiger partial charge is 0.408 e. The van der Waals surface area contributed by atoms with E-state index in [9.17, 15) is 37.2 Å². The average Bonchev–Trinajstić information content (AvgIpc) is 4.00. The van der Waals surface area contributed by atoms with Gasteiger partial charge in [0, 0.05) is 19.1 Å². The Labute approximate surface area is 354 Å². The molecule has 1 saturated heterocycles. The number of aromatic amines is 1. The predicted molar refractivity (Wildman–Crippen MR) is 229 cm³/mol. The Morgan fingerprint density at radius 3 is 2.25 bits per heavy atom. The van der Waals surface area contributed by atoms with Gasteiger partial charge >= 0.3 is 11.8 Å². The molecule has 2 aromatic rings. The number of benzene rings is 1. The maximum absolute atomic E-state index is 14.1. The minimum absolute atomic E-state index is 0.0384. The third-order valence-corrected chi connectivity index (χ3v) is 14.4. The summed E-state index contributed by atoms with van der Waals surface area (Å²) in [6.07, 6.45) is 4.44. The Morgan fingerprint density at radius 2 is 1.67 bits per heavy atom. The number of H-pyrrole nitrogens is 1. The van der Waals surface area contributed by atoms with Crippen LogP contribution in [0.2, 0.25) is 0 Å². The fourth-order valence-corrected chi connectivity index (χ4v) is 10.3. The molecule has 0 spiro atoms. The second-order valence-corrected chi connectivity index (χ2v) is 21.8. The van der Waals surface area contributed by atoms with E-state index < -0.39 is 67.2 Å². The molecule has 5 rings (SSSR count). The van der Waals surface area contributed by atoms with Crippen LogP contribution in [0.3, 0.4) is 0 Å². The number of para-hydroxylation sites is 1. The van der Waals surface area contributed by atoms with Crippen LogP contribution in [0.15, 0.2) is 23.0 Å². The Balaban J connectivity index is 1.14. The molecule has 1 aromatic carbocycles. The van der Waals surface area contributed by atoms with Crippen molar-refractivity contribution >= 4 is 50.8 Å². The summed E-state index contributed by atoms with van der Waals surface area (Å²) >= 11 is 0. The van der Waals surface area contributed by atoms with E-state index in [2.05, 4.69) is 25.7 Å². The molecule has 16 nitrogen and oxygen atoms in total. The van der Waals surface area contributed by atoms with Crippen LogP contribution < -0.4 is 26.4 Å². The van der Waals surface area contributed by atoms with Gasteiger partial charge in [0.15, 0.2) is 0 Å². The molecule has 0 radical (unpaired) electrons. The Kier molecular flexibility index (Phi) is 13.6. The predicted octanol–water partition coefficient (Wildman–Crippen LogP) is 5.03. The number of amides is 5. The normalized spacial score (nSPS) is 22.9. The summed E-state index contributed by atoms with van der Waals surface area (Å²) in [6.45, 7) is 18.9. The summed E-state index contributed by atoms with van der Waals surface area (Å²) in [7, 11) is -4.08. The van der Waals surface area contributed by atoms with Gasteiger partial charge in [0.2, 0.25) is 21.8 Å². The molecular formula is C43H67N7O9S. The van der Waals surface area contributed by atoms with Crippen LogP contribution in [0, 0.1) is 17.3 Å². The van der Waals surface area contributed by atoms with Gasteiger partial charge in [-0.15, -0.1) is 0 Å². The number of aromatic nitrogens is 2. The second-order valence-electron chi connectivity index (χ2n) is 19.7. The van der Waals surface area contributed by atoms with Crippen molar-refractivity contribution in [1.82, 2.24) is 35.1 Å². The fourth-order valence-electron chi connectivity index (χ4n) is 8.58. The second kappa shape index (κ2) is 17.5. The summed E-state index contributed by atoms with van der Waals surface area (Å²) in [4.78, 5) is 84.6. The van der Waals surface area contributed by atoms with E-state index in [4.69, 9.17) is 4.74 Å². The van der Waals surface area contributed by atoms with Gasteiger partial charge in [0.25, 0.3) is 11.8 Å². The number of rotatable bonds is 17. The van der Waals surface area contributed by atoms with Gasteiger partial charge in [-0.2, -0.15) is 0 Å². The van der Waals surface area contributed by atoms with Gasteiger partial charge in [0.05, 0.1) is 21.3 Å². The largest absolute Gasteiger partial charge is 0.444 e. The number of carbonyl (C=O) groups is 5. The van der Waals surface area contributed by atoms with Gasteiger partial charge < -0.3 is 30.6 Å². The molecule has 3 fully saturated rings. The minimum atomic E-state index is -4.08. The van der Waals surface area contributed by atoms with Crippen LogP contribution >= 0.6 is 0 Å². The first-order valence-electron chi connectivity index (χ1n) is 21.6. The zero-order valence-corrected chi connectivity index (χ0v) is 37.9.